The van der Waals surface area contributed by atoms with Crippen LogP contribution in [0, 0.1) is 0 Å². The van der Waals surface area contributed by atoms with Crippen LogP contribution in [0.25, 0.3) is 0 Å². The van der Waals surface area contributed by atoms with Crippen LogP contribution in [0.4, 0.5) is 0 Å². The van der Waals surface area contributed by atoms with Crippen LogP contribution >= 0.6 is 0 Å². The summed E-state index contributed by atoms with van der Waals surface area (Å²) in [5.41, 5.74) is 0. The van der Waals surface area contributed by atoms with Crippen LogP contribution in [-0.2, 0) is 4.79 Å². The monoisotopic (exact) mass is 470 g/mol. The van der Waals surface area contributed by atoms with Crippen LogP contribution in [0.3, 0.4) is 0 Å². The molecular weight excluding hydrogens is 412 g/mol. The van der Waals surface area contributed by atoms with Gasteiger partial charge in [-0.25, -0.2) is 0 Å². The molecule has 2 unspecified atom stereocenters. The molecule has 0 aliphatic carbocycles. The minimum atomic E-state index is -0.455. The second-order valence-electron chi connectivity index (χ2n) is 9.99. The van der Waals surface area contributed by atoms with Crippen LogP contribution in [0.5, 0.6) is 0 Å². The Labute approximate surface area is 206 Å². The van der Waals surface area contributed by atoms with Gasteiger partial charge in [0.25, 0.3) is 0 Å². The zero-order chi connectivity index (χ0) is 24.6. The van der Waals surface area contributed by atoms with Crippen molar-refractivity contribution in [3.8, 4) is 0 Å². The van der Waals surface area contributed by atoms with Gasteiger partial charge in [-0.1, -0.05) is 142 Å². The van der Waals surface area contributed by atoms with Gasteiger partial charge in [-0.2, -0.15) is 0 Å². The van der Waals surface area contributed by atoms with Crippen LogP contribution in [-0.4, -0.2) is 33.6 Å². The van der Waals surface area contributed by atoms with E-state index in [0.717, 1.165) is 12.8 Å². The summed E-state index contributed by atoms with van der Waals surface area (Å²) in [6, 6.07) is -0.679. The fourth-order valence-electron chi connectivity index (χ4n) is 4.72. The molecule has 0 heterocycles. The molecule has 0 aromatic heterocycles. The number of carbonyl (C=O) groups excluding carboxylic acids is 1. The lowest BCUT2D eigenvalue weighted by molar-refractivity contribution is -0.335. The van der Waals surface area contributed by atoms with Crippen LogP contribution in [0.1, 0.15) is 162 Å². The van der Waals surface area contributed by atoms with Crippen LogP contribution in [0.2, 0.25) is 0 Å². The molecule has 0 saturated carbocycles. The molecule has 0 aromatic rings. The van der Waals surface area contributed by atoms with Gasteiger partial charge in [0, 0.05) is 12.5 Å². The highest BCUT2D eigenvalue weighted by atomic mass is 16.8. The molecule has 0 fully saturated rings. The lowest BCUT2D eigenvalue weighted by atomic mass is 10.0. The van der Waals surface area contributed by atoms with Crippen LogP contribution in [0.15, 0.2) is 0 Å². The average molecular weight is 471 g/mol. The first-order chi connectivity index (χ1) is 16.1. The van der Waals surface area contributed by atoms with Gasteiger partial charge in [0.2, 0.25) is 5.91 Å². The number of nitrogens with one attached hydrogen (secondary N) is 1. The first kappa shape index (κ1) is 32.4. The van der Waals surface area contributed by atoms with E-state index in [0.29, 0.717) is 19.3 Å². The van der Waals surface area contributed by atoms with Crippen molar-refractivity contribution >= 4 is 5.91 Å². The van der Waals surface area contributed by atoms with Gasteiger partial charge < -0.3 is 5.32 Å². The summed E-state index contributed by atoms with van der Waals surface area (Å²) in [6.07, 6.45) is 27.4. The Morgan fingerprint density at radius 2 is 0.970 bits per heavy atom. The number of hydrogen-bond donors (Lipinski definition) is 3. The molecule has 0 bridgehead atoms. The Kier molecular flexibility index (Phi) is 24.0. The lowest BCUT2D eigenvalue weighted by Crippen LogP contribution is -2.49. The van der Waals surface area contributed by atoms with E-state index in [1.807, 2.05) is 13.8 Å². The molecule has 198 valence electrons. The third kappa shape index (κ3) is 20.4. The first-order valence-corrected chi connectivity index (χ1v) is 14.5. The highest BCUT2D eigenvalue weighted by molar-refractivity contribution is 5.76. The fraction of sp³-hybridized carbons (Fsp3) is 0.964. The van der Waals surface area contributed by atoms with Crippen molar-refractivity contribution < 1.29 is 15.2 Å². The zero-order valence-corrected chi connectivity index (χ0v) is 22.5. The predicted octanol–water partition coefficient (Wildman–Crippen LogP) is 8.56. The maximum absolute atomic E-state index is 12.1. The Bertz CT molecular complexity index is 418. The minimum Gasteiger partial charge on any atom is -0.352 e. The molecule has 33 heavy (non-hydrogen) atoms. The van der Waals surface area contributed by atoms with E-state index in [-0.39, 0.29) is 17.2 Å². The van der Waals surface area contributed by atoms with Crippen molar-refractivity contribution in [3.05, 3.63) is 0 Å². The van der Waals surface area contributed by atoms with Gasteiger partial charge in [-0.3, -0.25) is 15.2 Å². The summed E-state index contributed by atoms with van der Waals surface area (Å²) in [5.74, 6) is 0.0223. The summed E-state index contributed by atoms with van der Waals surface area (Å²) in [6.45, 7) is 6.12. The molecule has 0 aromatic carbocycles. The molecule has 3 N–H and O–H groups in total. The maximum Gasteiger partial charge on any atom is 0.220 e. The van der Waals surface area contributed by atoms with E-state index in [4.69, 9.17) is 0 Å². The van der Waals surface area contributed by atoms with Gasteiger partial charge in [0.05, 0.1) is 6.04 Å². The Hall–Kier alpha value is -0.650. The number of carbonyl (C=O) groups is 1. The molecule has 0 saturated heterocycles. The lowest BCUT2D eigenvalue weighted by Gasteiger charge is -2.28. The Morgan fingerprint density at radius 3 is 1.27 bits per heavy atom. The molecule has 1 amide bonds. The van der Waals surface area contributed by atoms with Crippen molar-refractivity contribution in [2.24, 2.45) is 0 Å². The van der Waals surface area contributed by atoms with Gasteiger partial charge in [0.15, 0.2) is 0 Å². The second kappa shape index (κ2) is 24.5. The summed E-state index contributed by atoms with van der Waals surface area (Å²) in [7, 11) is 0. The number of hydroxylamine groups is 2. The van der Waals surface area contributed by atoms with Gasteiger partial charge in [-0.15, -0.1) is 0 Å². The van der Waals surface area contributed by atoms with Gasteiger partial charge in [-0.05, 0) is 19.3 Å². The molecule has 5 heteroatoms. The first-order valence-electron chi connectivity index (χ1n) is 14.5. The maximum atomic E-state index is 12.1. The molecule has 0 radical (unpaired) electrons. The highest BCUT2D eigenvalue weighted by Crippen LogP contribution is 2.15. The third-order valence-electron chi connectivity index (χ3n) is 6.97. The third-order valence-corrected chi connectivity index (χ3v) is 6.97. The minimum absolute atomic E-state index is 0.0223. The highest BCUT2D eigenvalue weighted by Gasteiger charge is 2.24. The van der Waals surface area contributed by atoms with Crippen LogP contribution < -0.4 is 5.32 Å². The van der Waals surface area contributed by atoms with E-state index in [1.165, 1.54) is 109 Å². The second-order valence-corrected chi connectivity index (χ2v) is 9.99. The van der Waals surface area contributed by atoms with E-state index in [2.05, 4.69) is 12.2 Å². The smallest absolute Gasteiger partial charge is 0.220 e. The van der Waals surface area contributed by atoms with Crippen molar-refractivity contribution in [2.45, 2.75) is 174 Å². The molecule has 0 rings (SSSR count). The normalized spacial score (nSPS) is 13.4. The molecule has 0 aliphatic heterocycles. The van der Waals surface area contributed by atoms with Gasteiger partial charge >= 0.3 is 0 Å². The summed E-state index contributed by atoms with van der Waals surface area (Å²) in [5, 5.41) is 21.8. The number of hydrogen-bond acceptors (Lipinski definition) is 4. The molecule has 0 spiro atoms. The summed E-state index contributed by atoms with van der Waals surface area (Å²) in [4.78, 5) is 12.1. The standard InChI is InChI=1S/C28H58N2O3/c1-4-7-8-9-10-11-12-13-14-15-16-17-18-19-20-21-22-23-24-25-28(31)29-26(5-2)27(6-3)30(32)33/h26-27,32-33H,4-25H2,1-3H3,(H,29,31). The predicted molar refractivity (Wildman–Crippen MR) is 140 cm³/mol. The SMILES string of the molecule is CCCCCCCCCCCCCCCCCCCCCC(=O)NC(CC)C(CC)N(O)O. The van der Waals surface area contributed by atoms with E-state index in [9.17, 15) is 15.2 Å². The average Bonchev–Trinajstić information content (AvgIpc) is 2.80. The molecular formula is C28H58N2O3. The number of unbranched alkanes of at least 4 members (excludes halogenated alkanes) is 18. The van der Waals surface area contributed by atoms with Crippen molar-refractivity contribution in [2.75, 3.05) is 0 Å². The van der Waals surface area contributed by atoms with E-state index >= 15 is 0 Å². The van der Waals surface area contributed by atoms with Gasteiger partial charge in [0.1, 0.15) is 0 Å². The van der Waals surface area contributed by atoms with Crippen molar-refractivity contribution in [3.63, 3.8) is 0 Å². The molecule has 2 atom stereocenters. The van der Waals surface area contributed by atoms with Crippen molar-refractivity contribution in [1.29, 1.82) is 0 Å². The largest absolute Gasteiger partial charge is 0.352 e. The topological polar surface area (TPSA) is 72.8 Å². The summed E-state index contributed by atoms with van der Waals surface area (Å²) >= 11 is 0. The zero-order valence-electron chi connectivity index (χ0n) is 22.5. The van der Waals surface area contributed by atoms with Crippen molar-refractivity contribution in [1.82, 2.24) is 10.5 Å². The number of rotatable bonds is 25. The fourth-order valence-corrected chi connectivity index (χ4v) is 4.72. The Morgan fingerprint density at radius 1 is 0.606 bits per heavy atom. The number of amides is 1. The van der Waals surface area contributed by atoms with E-state index < -0.39 is 6.04 Å². The quantitative estimate of drug-likeness (QED) is 0.0922. The van der Waals surface area contributed by atoms with E-state index in [1.54, 1.807) is 0 Å². The molecule has 5 nitrogen and oxygen atoms in total. The number of nitrogens with zero attached hydrogens (tertiary/aromatic N) is 1. The molecule has 0 aliphatic rings. The summed E-state index contributed by atoms with van der Waals surface area (Å²) < 4.78 is 0. The Balaban J connectivity index is 3.39.